The molecule has 7 nitrogen and oxygen atoms in total. The van der Waals surface area contributed by atoms with Gasteiger partial charge in [-0.1, -0.05) is 12.1 Å². The van der Waals surface area contributed by atoms with E-state index >= 15 is 0 Å². The third kappa shape index (κ3) is 3.87. The van der Waals surface area contributed by atoms with E-state index in [4.69, 9.17) is 5.26 Å². The standard InChI is InChI=1S/C19H17N5O2/c20-8-3-11-24(13-14-4-2-9-21-12-14)19(26)18(25)23-17-6-1-5-16-15(17)7-10-22-16/h1-2,4-7,9-10,12,22H,3,11,13H2,(H,23,25). The fraction of sp³-hybridized carbons (Fsp3) is 0.158. The van der Waals surface area contributed by atoms with Crippen molar-refractivity contribution < 1.29 is 9.59 Å². The zero-order chi connectivity index (χ0) is 18.4. The largest absolute Gasteiger partial charge is 0.361 e. The van der Waals surface area contributed by atoms with E-state index in [1.54, 1.807) is 36.8 Å². The van der Waals surface area contributed by atoms with Crippen LogP contribution in [-0.4, -0.2) is 33.2 Å². The highest BCUT2D eigenvalue weighted by Crippen LogP contribution is 2.22. The molecule has 0 aliphatic heterocycles. The fourth-order valence-electron chi connectivity index (χ4n) is 2.66. The van der Waals surface area contributed by atoms with Gasteiger partial charge in [-0.3, -0.25) is 14.6 Å². The van der Waals surface area contributed by atoms with Crippen molar-refractivity contribution in [2.24, 2.45) is 0 Å². The van der Waals surface area contributed by atoms with Crippen LogP contribution in [0.4, 0.5) is 5.69 Å². The highest BCUT2D eigenvalue weighted by Gasteiger charge is 2.22. The second kappa shape index (κ2) is 7.94. The van der Waals surface area contributed by atoms with Crippen molar-refractivity contribution in [2.75, 3.05) is 11.9 Å². The zero-order valence-electron chi connectivity index (χ0n) is 14.0. The highest BCUT2D eigenvalue weighted by molar-refractivity contribution is 6.40. The number of pyridine rings is 1. The van der Waals surface area contributed by atoms with Crippen molar-refractivity contribution in [3.8, 4) is 6.07 Å². The molecule has 2 N–H and O–H groups in total. The molecule has 0 unspecified atom stereocenters. The normalized spacial score (nSPS) is 10.3. The minimum absolute atomic E-state index is 0.146. The van der Waals surface area contributed by atoms with Gasteiger partial charge in [0.2, 0.25) is 0 Å². The summed E-state index contributed by atoms with van der Waals surface area (Å²) in [6.45, 7) is 0.391. The summed E-state index contributed by atoms with van der Waals surface area (Å²) < 4.78 is 0. The summed E-state index contributed by atoms with van der Waals surface area (Å²) in [4.78, 5) is 33.5. The van der Waals surface area contributed by atoms with Crippen LogP contribution in [0.15, 0.2) is 55.0 Å². The molecular weight excluding hydrogens is 330 g/mol. The summed E-state index contributed by atoms with van der Waals surface area (Å²) in [5.74, 6) is -1.42. The van der Waals surface area contributed by atoms with Crippen LogP contribution in [0.5, 0.6) is 0 Å². The molecule has 2 aromatic heterocycles. The number of carbonyl (C=O) groups excluding carboxylic acids is 2. The van der Waals surface area contributed by atoms with Gasteiger partial charge in [-0.05, 0) is 29.8 Å². The number of hydrogen-bond acceptors (Lipinski definition) is 4. The molecule has 7 heteroatoms. The second-order valence-corrected chi connectivity index (χ2v) is 5.69. The van der Waals surface area contributed by atoms with Crippen LogP contribution < -0.4 is 5.32 Å². The highest BCUT2D eigenvalue weighted by atomic mass is 16.2. The number of aromatic nitrogens is 2. The first-order valence-corrected chi connectivity index (χ1v) is 8.11. The summed E-state index contributed by atoms with van der Waals surface area (Å²) in [6, 6.07) is 12.8. The van der Waals surface area contributed by atoms with Gasteiger partial charge in [0.05, 0.1) is 18.2 Å². The first-order chi connectivity index (χ1) is 12.7. The van der Waals surface area contributed by atoms with Gasteiger partial charge in [-0.2, -0.15) is 5.26 Å². The smallest absolute Gasteiger partial charge is 0.313 e. The molecular formula is C19H17N5O2. The number of aromatic amines is 1. The van der Waals surface area contributed by atoms with Gasteiger partial charge in [0.15, 0.2) is 0 Å². The maximum atomic E-state index is 12.6. The van der Waals surface area contributed by atoms with Gasteiger partial charge >= 0.3 is 11.8 Å². The molecule has 0 bridgehead atoms. The Labute approximate surface area is 150 Å². The molecule has 2 amide bonds. The maximum absolute atomic E-state index is 12.6. The van der Waals surface area contributed by atoms with E-state index in [1.165, 1.54) is 4.90 Å². The number of nitrogens with one attached hydrogen (secondary N) is 2. The third-order valence-corrected chi connectivity index (χ3v) is 3.91. The average molecular weight is 347 g/mol. The minimum atomic E-state index is -0.736. The Morgan fingerprint density at radius 3 is 2.88 bits per heavy atom. The lowest BCUT2D eigenvalue weighted by molar-refractivity contribution is -0.143. The molecule has 0 saturated carbocycles. The van der Waals surface area contributed by atoms with Crippen LogP contribution in [0.1, 0.15) is 12.0 Å². The van der Waals surface area contributed by atoms with Crippen molar-refractivity contribution in [1.29, 1.82) is 5.26 Å². The first kappa shape index (κ1) is 17.2. The predicted octanol–water partition coefficient (Wildman–Crippen LogP) is 2.44. The van der Waals surface area contributed by atoms with Crippen LogP contribution in [-0.2, 0) is 16.1 Å². The number of fused-ring (bicyclic) bond motifs is 1. The van der Waals surface area contributed by atoms with Crippen LogP contribution in [0.2, 0.25) is 0 Å². The Kier molecular flexibility index (Phi) is 5.25. The van der Waals surface area contributed by atoms with Crippen LogP contribution in [0.3, 0.4) is 0 Å². The van der Waals surface area contributed by atoms with Gasteiger partial charge < -0.3 is 15.2 Å². The van der Waals surface area contributed by atoms with E-state index in [1.807, 2.05) is 24.3 Å². The van der Waals surface area contributed by atoms with Crippen molar-refractivity contribution in [3.63, 3.8) is 0 Å². The van der Waals surface area contributed by atoms with E-state index in [2.05, 4.69) is 15.3 Å². The second-order valence-electron chi connectivity index (χ2n) is 5.69. The molecule has 2 heterocycles. The number of anilines is 1. The molecule has 0 radical (unpaired) electrons. The van der Waals surface area contributed by atoms with E-state index in [0.29, 0.717) is 5.69 Å². The topological polar surface area (TPSA) is 102 Å². The zero-order valence-corrected chi connectivity index (χ0v) is 14.0. The molecule has 0 fully saturated rings. The van der Waals surface area contributed by atoms with Crippen LogP contribution in [0.25, 0.3) is 10.9 Å². The molecule has 0 atom stereocenters. The molecule has 0 aliphatic rings. The maximum Gasteiger partial charge on any atom is 0.313 e. The summed E-state index contributed by atoms with van der Waals surface area (Å²) in [7, 11) is 0. The minimum Gasteiger partial charge on any atom is -0.361 e. The Hall–Kier alpha value is -3.66. The van der Waals surface area contributed by atoms with Crippen molar-refractivity contribution >= 4 is 28.4 Å². The molecule has 3 aromatic rings. The monoisotopic (exact) mass is 347 g/mol. The lowest BCUT2D eigenvalue weighted by Gasteiger charge is -2.21. The van der Waals surface area contributed by atoms with Gasteiger partial charge in [0, 0.05) is 42.6 Å². The van der Waals surface area contributed by atoms with Crippen molar-refractivity contribution in [2.45, 2.75) is 13.0 Å². The van der Waals surface area contributed by atoms with E-state index in [9.17, 15) is 9.59 Å². The summed E-state index contributed by atoms with van der Waals surface area (Å²) in [5.41, 5.74) is 2.22. The molecule has 26 heavy (non-hydrogen) atoms. The lowest BCUT2D eigenvalue weighted by Crippen LogP contribution is -2.39. The number of amides is 2. The Balaban J connectivity index is 1.76. The molecule has 1 aromatic carbocycles. The quantitative estimate of drug-likeness (QED) is 0.692. The SMILES string of the molecule is N#CCCN(Cc1cccnc1)C(=O)C(=O)Nc1cccc2[nH]ccc12. The van der Waals surface area contributed by atoms with Gasteiger partial charge in [0.25, 0.3) is 0 Å². The third-order valence-electron chi connectivity index (χ3n) is 3.91. The lowest BCUT2D eigenvalue weighted by atomic mass is 10.2. The van der Waals surface area contributed by atoms with Crippen LogP contribution in [0, 0.1) is 11.3 Å². The number of rotatable bonds is 5. The Morgan fingerprint density at radius 2 is 2.12 bits per heavy atom. The molecule has 3 rings (SSSR count). The summed E-state index contributed by atoms with van der Waals surface area (Å²) in [5, 5.41) is 12.3. The summed E-state index contributed by atoms with van der Waals surface area (Å²) in [6.07, 6.45) is 5.18. The Bertz CT molecular complexity index is 959. The van der Waals surface area contributed by atoms with E-state index in [-0.39, 0.29) is 19.5 Å². The number of nitriles is 1. The number of benzene rings is 1. The fourth-order valence-corrected chi connectivity index (χ4v) is 2.66. The number of carbonyl (C=O) groups is 2. The average Bonchev–Trinajstić information content (AvgIpc) is 3.15. The van der Waals surface area contributed by atoms with Crippen molar-refractivity contribution in [3.05, 3.63) is 60.6 Å². The Morgan fingerprint density at radius 1 is 1.23 bits per heavy atom. The van der Waals surface area contributed by atoms with E-state index < -0.39 is 11.8 Å². The van der Waals surface area contributed by atoms with Gasteiger partial charge in [-0.15, -0.1) is 0 Å². The number of hydrogen-bond donors (Lipinski definition) is 2. The molecule has 130 valence electrons. The molecule has 0 saturated heterocycles. The first-order valence-electron chi connectivity index (χ1n) is 8.11. The van der Waals surface area contributed by atoms with Gasteiger partial charge in [-0.25, -0.2) is 0 Å². The van der Waals surface area contributed by atoms with Gasteiger partial charge in [0.1, 0.15) is 0 Å². The molecule has 0 spiro atoms. The predicted molar refractivity (Wildman–Crippen MR) is 96.8 cm³/mol. The van der Waals surface area contributed by atoms with Crippen LogP contribution >= 0.6 is 0 Å². The number of nitrogens with zero attached hydrogens (tertiary/aromatic N) is 3. The van der Waals surface area contributed by atoms with E-state index in [0.717, 1.165) is 16.5 Å². The summed E-state index contributed by atoms with van der Waals surface area (Å²) >= 11 is 0. The van der Waals surface area contributed by atoms with Crippen molar-refractivity contribution in [1.82, 2.24) is 14.9 Å². The molecule has 0 aliphatic carbocycles. The number of H-pyrrole nitrogens is 1.